The Bertz CT molecular complexity index is 974. The second kappa shape index (κ2) is 6.19. The number of benzene rings is 1. The van der Waals surface area contributed by atoms with Crippen LogP contribution in [-0.2, 0) is 0 Å². The number of hydrogen-bond acceptors (Lipinski definition) is 4. The maximum atomic E-state index is 5.98. The molecule has 0 bridgehead atoms. The molecule has 3 heterocycles. The summed E-state index contributed by atoms with van der Waals surface area (Å²) in [6.45, 7) is 2.01. The summed E-state index contributed by atoms with van der Waals surface area (Å²) in [4.78, 5) is 10.2. The van der Waals surface area contributed by atoms with E-state index in [0.29, 0.717) is 5.02 Å². The Labute approximate surface area is 148 Å². The van der Waals surface area contributed by atoms with E-state index in [-0.39, 0.29) is 0 Å². The Kier molecular flexibility index (Phi) is 3.88. The Morgan fingerprint density at radius 2 is 1.83 bits per heavy atom. The van der Waals surface area contributed by atoms with E-state index in [0.717, 1.165) is 32.7 Å². The standard InChI is InChI=1S/C18H13ClN4S/c1-12-17(24-18(22-12)15-4-2-3-10-20-15)16-9-11-21-23(16)14-7-5-13(19)6-8-14/h2-11H,1H3. The molecule has 4 rings (SSSR count). The lowest BCUT2D eigenvalue weighted by Crippen LogP contribution is -1.98. The number of pyridine rings is 1. The highest BCUT2D eigenvalue weighted by molar-refractivity contribution is 7.18. The highest BCUT2D eigenvalue weighted by atomic mass is 35.5. The molecule has 0 N–H and O–H groups in total. The van der Waals surface area contributed by atoms with Crippen LogP contribution in [0.15, 0.2) is 60.9 Å². The molecule has 0 aliphatic rings. The van der Waals surface area contributed by atoms with Gasteiger partial charge in [-0.1, -0.05) is 17.7 Å². The first-order chi connectivity index (χ1) is 11.7. The summed E-state index contributed by atoms with van der Waals surface area (Å²) in [6.07, 6.45) is 3.58. The van der Waals surface area contributed by atoms with E-state index in [1.54, 1.807) is 23.7 Å². The van der Waals surface area contributed by atoms with Crippen LogP contribution in [0.5, 0.6) is 0 Å². The van der Waals surface area contributed by atoms with E-state index in [9.17, 15) is 0 Å². The van der Waals surface area contributed by atoms with Crippen molar-refractivity contribution in [2.45, 2.75) is 6.92 Å². The normalized spacial score (nSPS) is 10.9. The molecular weight excluding hydrogens is 340 g/mol. The van der Waals surface area contributed by atoms with Crippen LogP contribution >= 0.6 is 22.9 Å². The van der Waals surface area contributed by atoms with Gasteiger partial charge >= 0.3 is 0 Å². The quantitative estimate of drug-likeness (QED) is 0.520. The molecule has 24 heavy (non-hydrogen) atoms. The van der Waals surface area contributed by atoms with Gasteiger partial charge in [-0.25, -0.2) is 9.67 Å². The molecule has 0 aliphatic heterocycles. The van der Waals surface area contributed by atoms with Crippen molar-refractivity contribution in [1.82, 2.24) is 19.7 Å². The van der Waals surface area contributed by atoms with E-state index in [4.69, 9.17) is 11.6 Å². The van der Waals surface area contributed by atoms with Crippen LogP contribution < -0.4 is 0 Å². The lowest BCUT2D eigenvalue weighted by Gasteiger charge is -2.06. The fourth-order valence-corrected chi connectivity index (χ4v) is 3.68. The summed E-state index contributed by atoms with van der Waals surface area (Å²) in [5.74, 6) is 0. The van der Waals surface area contributed by atoms with Gasteiger partial charge in [0.15, 0.2) is 0 Å². The lowest BCUT2D eigenvalue weighted by atomic mass is 10.2. The average molecular weight is 353 g/mol. The number of rotatable bonds is 3. The minimum atomic E-state index is 0.707. The van der Waals surface area contributed by atoms with Gasteiger partial charge in [-0.2, -0.15) is 5.10 Å². The van der Waals surface area contributed by atoms with E-state index in [1.807, 2.05) is 60.1 Å². The van der Waals surface area contributed by atoms with E-state index in [1.165, 1.54) is 0 Å². The van der Waals surface area contributed by atoms with E-state index >= 15 is 0 Å². The summed E-state index contributed by atoms with van der Waals surface area (Å²) in [6, 6.07) is 15.5. The molecule has 4 aromatic rings. The topological polar surface area (TPSA) is 43.6 Å². The smallest absolute Gasteiger partial charge is 0.142 e. The van der Waals surface area contributed by atoms with Crippen molar-refractivity contribution in [2.75, 3.05) is 0 Å². The lowest BCUT2D eigenvalue weighted by molar-refractivity contribution is 0.888. The Morgan fingerprint density at radius 3 is 2.58 bits per heavy atom. The largest absolute Gasteiger partial charge is 0.254 e. The highest BCUT2D eigenvalue weighted by Crippen LogP contribution is 2.35. The van der Waals surface area contributed by atoms with Crippen LogP contribution in [0.4, 0.5) is 0 Å². The number of aromatic nitrogens is 4. The third kappa shape index (κ3) is 2.72. The molecule has 118 valence electrons. The van der Waals surface area contributed by atoms with Gasteiger partial charge in [0.05, 0.1) is 33.8 Å². The average Bonchev–Trinajstić information content (AvgIpc) is 3.23. The summed E-state index contributed by atoms with van der Waals surface area (Å²) < 4.78 is 1.90. The molecule has 0 aliphatic carbocycles. The summed E-state index contributed by atoms with van der Waals surface area (Å²) in [5.41, 5.74) is 3.83. The van der Waals surface area contributed by atoms with Crippen LogP contribution in [0, 0.1) is 6.92 Å². The van der Waals surface area contributed by atoms with E-state index < -0.39 is 0 Å². The zero-order valence-corrected chi connectivity index (χ0v) is 14.4. The minimum Gasteiger partial charge on any atom is -0.254 e. The molecule has 0 atom stereocenters. The Morgan fingerprint density at radius 1 is 1.00 bits per heavy atom. The summed E-state index contributed by atoms with van der Waals surface area (Å²) in [5, 5.41) is 6.07. The van der Waals surface area contributed by atoms with Crippen molar-refractivity contribution in [1.29, 1.82) is 0 Å². The second-order valence-electron chi connectivity index (χ2n) is 5.25. The zero-order valence-electron chi connectivity index (χ0n) is 12.8. The van der Waals surface area contributed by atoms with Gasteiger partial charge in [0.2, 0.25) is 0 Å². The molecule has 1 aromatic carbocycles. The molecular formula is C18H13ClN4S. The number of aryl methyl sites for hydroxylation is 1. The number of halogens is 1. The van der Waals surface area contributed by atoms with E-state index in [2.05, 4.69) is 15.1 Å². The molecule has 0 fully saturated rings. The van der Waals surface area contributed by atoms with Crippen LogP contribution in [0.1, 0.15) is 5.69 Å². The van der Waals surface area contributed by atoms with Gasteiger partial charge in [0, 0.05) is 11.2 Å². The monoisotopic (exact) mass is 352 g/mol. The predicted octanol–water partition coefficient (Wildman–Crippen LogP) is 5.02. The van der Waals surface area contributed by atoms with Crippen LogP contribution in [0.3, 0.4) is 0 Å². The van der Waals surface area contributed by atoms with Gasteiger partial charge in [-0.05, 0) is 49.4 Å². The number of hydrogen-bond donors (Lipinski definition) is 0. The maximum absolute atomic E-state index is 5.98. The molecule has 0 saturated carbocycles. The van der Waals surface area contributed by atoms with Crippen LogP contribution in [0.2, 0.25) is 5.02 Å². The highest BCUT2D eigenvalue weighted by Gasteiger charge is 2.16. The fourth-order valence-electron chi connectivity index (χ4n) is 2.50. The first kappa shape index (κ1) is 15.1. The molecule has 3 aromatic heterocycles. The zero-order chi connectivity index (χ0) is 16.5. The third-order valence-electron chi connectivity index (χ3n) is 3.63. The first-order valence-corrected chi connectivity index (χ1v) is 8.61. The molecule has 6 heteroatoms. The molecule has 4 nitrogen and oxygen atoms in total. The number of thiazole rings is 1. The fraction of sp³-hybridized carbons (Fsp3) is 0.0556. The third-order valence-corrected chi connectivity index (χ3v) is 5.08. The van der Waals surface area contributed by atoms with Gasteiger partial charge in [0.1, 0.15) is 5.01 Å². The van der Waals surface area contributed by atoms with Gasteiger partial charge in [-0.3, -0.25) is 4.98 Å². The molecule has 0 unspecified atom stereocenters. The molecule has 0 amide bonds. The molecule has 0 spiro atoms. The SMILES string of the molecule is Cc1nc(-c2ccccn2)sc1-c1ccnn1-c1ccc(Cl)cc1. The number of nitrogens with zero attached hydrogens (tertiary/aromatic N) is 4. The van der Waals surface area contributed by atoms with Gasteiger partial charge in [0.25, 0.3) is 0 Å². The van der Waals surface area contributed by atoms with Crippen molar-refractivity contribution in [3.8, 4) is 27.0 Å². The summed E-state index contributed by atoms with van der Waals surface area (Å²) in [7, 11) is 0. The predicted molar refractivity (Wildman–Crippen MR) is 97.7 cm³/mol. The molecule has 0 radical (unpaired) electrons. The van der Waals surface area contributed by atoms with Gasteiger partial charge in [-0.15, -0.1) is 11.3 Å². The van der Waals surface area contributed by atoms with Crippen molar-refractivity contribution in [3.05, 3.63) is 71.6 Å². The van der Waals surface area contributed by atoms with Crippen molar-refractivity contribution >= 4 is 22.9 Å². The van der Waals surface area contributed by atoms with Crippen molar-refractivity contribution in [3.63, 3.8) is 0 Å². The van der Waals surface area contributed by atoms with Crippen molar-refractivity contribution < 1.29 is 0 Å². The maximum Gasteiger partial charge on any atom is 0.142 e. The second-order valence-corrected chi connectivity index (χ2v) is 6.69. The van der Waals surface area contributed by atoms with Crippen molar-refractivity contribution in [2.24, 2.45) is 0 Å². The minimum absolute atomic E-state index is 0.707. The van der Waals surface area contributed by atoms with Crippen LogP contribution in [0.25, 0.3) is 27.0 Å². The molecule has 0 saturated heterocycles. The Hall–Kier alpha value is -2.50. The Balaban J connectivity index is 1.80. The first-order valence-electron chi connectivity index (χ1n) is 7.41. The van der Waals surface area contributed by atoms with Crippen LogP contribution in [-0.4, -0.2) is 19.7 Å². The summed E-state index contributed by atoms with van der Waals surface area (Å²) >= 11 is 7.60. The van der Waals surface area contributed by atoms with Gasteiger partial charge < -0.3 is 0 Å².